The summed E-state index contributed by atoms with van der Waals surface area (Å²) in [5, 5.41) is 0. The predicted octanol–water partition coefficient (Wildman–Crippen LogP) is 4.85. The molecule has 2 N–H and O–H groups in total. The first-order valence-electron chi connectivity index (χ1n) is 10.9. The Morgan fingerprint density at radius 1 is 0.968 bits per heavy atom. The van der Waals surface area contributed by atoms with Gasteiger partial charge in [-0.25, -0.2) is 0 Å². The van der Waals surface area contributed by atoms with Crippen molar-refractivity contribution in [3.63, 3.8) is 0 Å². The van der Waals surface area contributed by atoms with Crippen LogP contribution in [0.4, 0.5) is 5.69 Å². The van der Waals surface area contributed by atoms with Gasteiger partial charge in [-0.3, -0.25) is 4.79 Å². The Morgan fingerprint density at radius 2 is 1.55 bits per heavy atom. The van der Waals surface area contributed by atoms with Crippen LogP contribution in [-0.2, 0) is 9.53 Å². The molecule has 0 radical (unpaired) electrons. The molecule has 1 aliphatic carbocycles. The molecule has 160 valence electrons. The van der Waals surface area contributed by atoms with Gasteiger partial charge in [0.1, 0.15) is 0 Å². The minimum Gasteiger partial charge on any atom is -0.380 e. The second-order valence-electron chi connectivity index (χ2n) is 8.33. The van der Waals surface area contributed by atoms with E-state index in [1.54, 1.807) is 7.11 Å². The Bertz CT molecular complexity index is 989. The van der Waals surface area contributed by atoms with Crippen LogP contribution in [-0.4, -0.2) is 31.7 Å². The first-order chi connectivity index (χ1) is 15.1. The summed E-state index contributed by atoms with van der Waals surface area (Å²) in [6.07, 6.45) is 0.749. The maximum absolute atomic E-state index is 13.5. The van der Waals surface area contributed by atoms with E-state index in [4.69, 9.17) is 10.5 Å². The second kappa shape index (κ2) is 9.46. The smallest absolute Gasteiger partial charge is 0.230 e. The van der Waals surface area contributed by atoms with Crippen molar-refractivity contribution < 1.29 is 9.53 Å². The Morgan fingerprint density at radius 3 is 2.16 bits per heavy atom. The summed E-state index contributed by atoms with van der Waals surface area (Å²) in [4.78, 5) is 15.4. The lowest BCUT2D eigenvalue weighted by atomic mass is 10.0. The molecule has 0 aromatic heterocycles. The van der Waals surface area contributed by atoms with Gasteiger partial charge in [-0.05, 0) is 48.1 Å². The molecule has 4 atom stereocenters. The molecule has 1 aliphatic rings. The number of ether oxygens (including phenoxy) is 1. The van der Waals surface area contributed by atoms with E-state index in [2.05, 4.69) is 36.4 Å². The average Bonchev–Trinajstić information content (AvgIpc) is 3.64. The van der Waals surface area contributed by atoms with Crippen LogP contribution >= 0.6 is 0 Å². The Kier molecular flexibility index (Phi) is 6.50. The van der Waals surface area contributed by atoms with Gasteiger partial charge in [-0.2, -0.15) is 0 Å². The standard InChI is InChI=1S/C27H30N2O2/c1-19(31-2)26(28)18-29(27(30)25-17-24(25)22-11-7-4-8-12-22)23-15-13-21(14-16-23)20-9-5-3-6-10-20/h3-16,19,24-26H,17-18,28H2,1-2H3/t19-,24+,25-,26-/m1/s1. The van der Waals surface area contributed by atoms with Gasteiger partial charge in [0.15, 0.2) is 0 Å². The summed E-state index contributed by atoms with van der Waals surface area (Å²) in [5.41, 5.74) is 10.8. The number of benzene rings is 3. The SMILES string of the molecule is CO[C@H](C)[C@H](N)CN(C(=O)[C@@H]1C[C@H]1c1ccccc1)c1ccc(-c2ccccc2)cc1. The average molecular weight is 415 g/mol. The highest BCUT2D eigenvalue weighted by Gasteiger charge is 2.46. The lowest BCUT2D eigenvalue weighted by molar-refractivity contribution is -0.120. The summed E-state index contributed by atoms with van der Waals surface area (Å²) >= 11 is 0. The highest BCUT2D eigenvalue weighted by molar-refractivity contribution is 5.97. The van der Waals surface area contributed by atoms with Crippen molar-refractivity contribution >= 4 is 11.6 Å². The molecule has 1 amide bonds. The molecule has 0 bridgehead atoms. The molecule has 1 fully saturated rings. The van der Waals surface area contributed by atoms with Gasteiger partial charge < -0.3 is 15.4 Å². The lowest BCUT2D eigenvalue weighted by Gasteiger charge is -2.29. The number of carbonyl (C=O) groups excluding carboxylic acids is 1. The fourth-order valence-corrected chi connectivity index (χ4v) is 4.06. The molecule has 31 heavy (non-hydrogen) atoms. The number of methoxy groups -OCH3 is 1. The highest BCUT2D eigenvalue weighted by atomic mass is 16.5. The maximum atomic E-state index is 13.5. The quantitative estimate of drug-likeness (QED) is 0.573. The largest absolute Gasteiger partial charge is 0.380 e. The molecule has 4 heteroatoms. The van der Waals surface area contributed by atoms with E-state index in [9.17, 15) is 4.79 Å². The number of anilines is 1. The monoisotopic (exact) mass is 414 g/mol. The third-order valence-electron chi connectivity index (χ3n) is 6.26. The molecule has 0 heterocycles. The van der Waals surface area contributed by atoms with E-state index in [0.29, 0.717) is 6.54 Å². The van der Waals surface area contributed by atoms with Crippen LogP contribution in [0.15, 0.2) is 84.9 Å². The van der Waals surface area contributed by atoms with E-state index in [-0.39, 0.29) is 29.9 Å². The summed E-state index contributed by atoms with van der Waals surface area (Å²) in [7, 11) is 1.65. The van der Waals surface area contributed by atoms with Crippen molar-refractivity contribution in [1.82, 2.24) is 0 Å². The van der Waals surface area contributed by atoms with Crippen molar-refractivity contribution in [2.75, 3.05) is 18.6 Å². The molecule has 0 spiro atoms. The lowest BCUT2D eigenvalue weighted by Crippen LogP contribution is -2.47. The zero-order valence-electron chi connectivity index (χ0n) is 18.1. The fraction of sp³-hybridized carbons (Fsp3) is 0.296. The summed E-state index contributed by atoms with van der Waals surface area (Å²) < 4.78 is 5.41. The molecular weight excluding hydrogens is 384 g/mol. The third-order valence-corrected chi connectivity index (χ3v) is 6.26. The third kappa shape index (κ3) is 4.87. The van der Waals surface area contributed by atoms with E-state index in [1.807, 2.05) is 60.4 Å². The first-order valence-corrected chi connectivity index (χ1v) is 10.9. The minimum absolute atomic E-state index is 0.00116. The molecule has 4 rings (SSSR count). The van der Waals surface area contributed by atoms with E-state index in [0.717, 1.165) is 23.2 Å². The van der Waals surface area contributed by atoms with Gasteiger partial charge in [-0.1, -0.05) is 72.8 Å². The Hall–Kier alpha value is -2.95. The van der Waals surface area contributed by atoms with Crippen LogP contribution in [0.25, 0.3) is 11.1 Å². The molecule has 3 aromatic carbocycles. The van der Waals surface area contributed by atoms with E-state index in [1.165, 1.54) is 5.56 Å². The number of nitrogens with two attached hydrogens (primary N) is 1. The van der Waals surface area contributed by atoms with Crippen molar-refractivity contribution in [3.05, 3.63) is 90.5 Å². The summed E-state index contributed by atoms with van der Waals surface area (Å²) in [6, 6.07) is 28.4. The predicted molar refractivity (Wildman–Crippen MR) is 126 cm³/mol. The highest BCUT2D eigenvalue weighted by Crippen LogP contribution is 2.48. The molecule has 1 saturated carbocycles. The molecule has 0 unspecified atom stereocenters. The molecule has 3 aromatic rings. The van der Waals surface area contributed by atoms with Gasteiger partial charge in [0, 0.05) is 31.3 Å². The van der Waals surface area contributed by atoms with Gasteiger partial charge >= 0.3 is 0 Å². The minimum atomic E-state index is -0.267. The Labute approximate surface area is 184 Å². The number of rotatable bonds is 8. The number of hydrogen-bond acceptors (Lipinski definition) is 3. The van der Waals surface area contributed by atoms with Crippen molar-refractivity contribution in [2.45, 2.75) is 31.4 Å². The zero-order chi connectivity index (χ0) is 21.8. The molecular formula is C27H30N2O2. The fourth-order valence-electron chi connectivity index (χ4n) is 4.06. The molecule has 0 saturated heterocycles. The van der Waals surface area contributed by atoms with Crippen LogP contribution in [0.1, 0.15) is 24.8 Å². The second-order valence-corrected chi connectivity index (χ2v) is 8.33. The number of hydrogen-bond donors (Lipinski definition) is 1. The van der Waals surface area contributed by atoms with Crippen LogP contribution in [0.5, 0.6) is 0 Å². The topological polar surface area (TPSA) is 55.6 Å². The normalized spacial score (nSPS) is 19.5. The molecule has 0 aliphatic heterocycles. The number of carbonyl (C=O) groups is 1. The Balaban J connectivity index is 1.56. The molecule has 4 nitrogen and oxygen atoms in total. The van der Waals surface area contributed by atoms with Gasteiger partial charge in [0.25, 0.3) is 0 Å². The van der Waals surface area contributed by atoms with Gasteiger partial charge in [-0.15, -0.1) is 0 Å². The van der Waals surface area contributed by atoms with Crippen molar-refractivity contribution in [2.24, 2.45) is 11.7 Å². The van der Waals surface area contributed by atoms with Crippen LogP contribution in [0, 0.1) is 5.92 Å². The zero-order valence-corrected chi connectivity index (χ0v) is 18.1. The van der Waals surface area contributed by atoms with Crippen molar-refractivity contribution in [1.29, 1.82) is 0 Å². The summed E-state index contributed by atoms with van der Waals surface area (Å²) in [5.74, 6) is 0.428. The van der Waals surface area contributed by atoms with Crippen LogP contribution < -0.4 is 10.6 Å². The maximum Gasteiger partial charge on any atom is 0.230 e. The van der Waals surface area contributed by atoms with Crippen LogP contribution in [0.3, 0.4) is 0 Å². The van der Waals surface area contributed by atoms with Crippen LogP contribution in [0.2, 0.25) is 0 Å². The van der Waals surface area contributed by atoms with E-state index >= 15 is 0 Å². The number of nitrogens with zero attached hydrogens (tertiary/aromatic N) is 1. The van der Waals surface area contributed by atoms with E-state index < -0.39 is 0 Å². The summed E-state index contributed by atoms with van der Waals surface area (Å²) in [6.45, 7) is 2.37. The number of amides is 1. The van der Waals surface area contributed by atoms with Gasteiger partial charge in [0.2, 0.25) is 5.91 Å². The van der Waals surface area contributed by atoms with Crippen molar-refractivity contribution in [3.8, 4) is 11.1 Å². The van der Waals surface area contributed by atoms with Gasteiger partial charge in [0.05, 0.1) is 6.10 Å². The first kappa shape index (κ1) is 21.3.